The van der Waals surface area contributed by atoms with Gasteiger partial charge >= 0.3 is 0 Å². The molecule has 1 heterocycles. The normalized spacial score (nSPS) is 11.9. The lowest BCUT2D eigenvalue weighted by Gasteiger charge is -2.13. The van der Waals surface area contributed by atoms with Crippen molar-refractivity contribution >= 4 is 85.0 Å². The summed E-state index contributed by atoms with van der Waals surface area (Å²) in [6.45, 7) is 6.05. The maximum atomic E-state index is 6.60. The lowest BCUT2D eigenvalue weighted by molar-refractivity contribution is 0.480. The van der Waals surface area contributed by atoms with Gasteiger partial charge in [0.1, 0.15) is 17.3 Å². The smallest absolute Gasteiger partial charge is 0.160 e. The second kappa shape index (κ2) is 14.9. The van der Waals surface area contributed by atoms with Gasteiger partial charge in [0.05, 0.1) is 11.0 Å². The fourth-order valence-corrected chi connectivity index (χ4v) is 6.56. The Labute approximate surface area is 302 Å². The Kier molecular flexibility index (Phi) is 9.83. The van der Waals surface area contributed by atoms with Crippen LogP contribution in [0, 0.1) is 6.92 Å². The fourth-order valence-electron chi connectivity index (χ4n) is 6.56. The number of aromatic nitrogens is 1. The van der Waals surface area contributed by atoms with Crippen LogP contribution in [-0.4, -0.2) is 17.1 Å². The van der Waals surface area contributed by atoms with Gasteiger partial charge in [0.25, 0.3) is 0 Å². The van der Waals surface area contributed by atoms with Crippen LogP contribution in [0.2, 0.25) is 0 Å². The molecule has 50 heavy (non-hydrogen) atoms. The second-order valence-corrected chi connectivity index (χ2v) is 12.0. The van der Waals surface area contributed by atoms with Gasteiger partial charge in [-0.25, -0.2) is 9.98 Å². The van der Waals surface area contributed by atoms with Crippen LogP contribution < -0.4 is 4.74 Å². The van der Waals surface area contributed by atoms with Crippen LogP contribution in [-0.2, 0) is 6.42 Å². The number of nitrogens with zero attached hydrogens (tertiary/aromatic N) is 3. The molecule has 0 aliphatic carbocycles. The van der Waals surface area contributed by atoms with Crippen molar-refractivity contribution in [3.05, 3.63) is 174 Å². The summed E-state index contributed by atoms with van der Waals surface area (Å²) in [5.41, 5.74) is 5.28. The Morgan fingerprint density at radius 1 is 0.680 bits per heavy atom. The van der Waals surface area contributed by atoms with E-state index in [1.54, 1.807) is 0 Å². The third kappa shape index (κ3) is 6.56. The van der Waals surface area contributed by atoms with Crippen LogP contribution in [0.15, 0.2) is 168 Å². The molecule has 244 valence electrons. The molecule has 0 unspecified atom stereocenters. The summed E-state index contributed by atoms with van der Waals surface area (Å²) in [6, 6.07) is 52.4. The number of benzene rings is 7. The number of allylic oxidation sites excluding steroid dienone is 1. The Morgan fingerprint density at radius 3 is 2.00 bits per heavy atom. The van der Waals surface area contributed by atoms with Gasteiger partial charge in [0.15, 0.2) is 5.84 Å². The Bertz CT molecular complexity index is 2540. The van der Waals surface area contributed by atoms with Crippen molar-refractivity contribution in [3.8, 4) is 11.5 Å². The van der Waals surface area contributed by atoms with Crippen LogP contribution in [0.5, 0.6) is 11.5 Å². The van der Waals surface area contributed by atoms with Crippen molar-refractivity contribution in [2.45, 2.75) is 13.3 Å². The van der Waals surface area contributed by atoms with E-state index in [4.69, 9.17) is 9.73 Å². The predicted octanol–water partition coefficient (Wildman–Crippen LogP) is 12.2. The van der Waals surface area contributed by atoms with Gasteiger partial charge in [-0.15, -0.1) is 23.3 Å². The molecule has 0 amide bonds. The molecule has 8 rings (SSSR count). The van der Waals surface area contributed by atoms with Gasteiger partial charge in [-0.3, -0.25) is 4.57 Å². The zero-order chi connectivity index (χ0) is 34.5. The maximum absolute atomic E-state index is 6.60. The van der Waals surface area contributed by atoms with Crippen molar-refractivity contribution in [3.63, 3.8) is 0 Å². The summed E-state index contributed by atoms with van der Waals surface area (Å²) in [7, 11) is 0. The molecule has 4 nitrogen and oxygen atoms in total. The summed E-state index contributed by atoms with van der Waals surface area (Å²) in [4.78, 5) is 9.63. The SMILES string of the molecule is C=N/C(=N\C(=C/Cc1ccccc1)n1c2cc3ccccc3cc2c2c(C)c(Oc3ccc4ccccc4c3)ccc21)c1ccccc1.SS. The molecule has 0 atom stereocenters. The summed E-state index contributed by atoms with van der Waals surface area (Å²) >= 11 is 6.44. The lowest BCUT2D eigenvalue weighted by atomic mass is 10.0. The van der Waals surface area contributed by atoms with Crippen molar-refractivity contribution in [2.24, 2.45) is 9.98 Å². The number of thiol groups is 2. The summed E-state index contributed by atoms with van der Waals surface area (Å²) in [5.74, 6) is 2.98. The van der Waals surface area contributed by atoms with Crippen molar-refractivity contribution in [1.29, 1.82) is 0 Å². The van der Waals surface area contributed by atoms with Crippen LogP contribution in [0.1, 0.15) is 16.7 Å². The molecule has 0 aliphatic heterocycles. The van der Waals surface area contributed by atoms with E-state index in [2.05, 4.69) is 162 Å². The first-order valence-electron chi connectivity index (χ1n) is 16.3. The van der Waals surface area contributed by atoms with Crippen molar-refractivity contribution < 1.29 is 4.74 Å². The highest BCUT2D eigenvalue weighted by Crippen LogP contribution is 2.41. The minimum absolute atomic E-state index is 0.568. The number of hydrogen-bond donors (Lipinski definition) is 2. The zero-order valence-electron chi connectivity index (χ0n) is 27.6. The molecular formula is C44H35N3OS2. The van der Waals surface area contributed by atoms with Gasteiger partial charge in [0, 0.05) is 21.9 Å². The third-order valence-electron chi connectivity index (χ3n) is 8.95. The monoisotopic (exact) mass is 685 g/mol. The largest absolute Gasteiger partial charge is 0.457 e. The first-order valence-corrected chi connectivity index (χ1v) is 17.9. The van der Waals surface area contributed by atoms with E-state index in [-0.39, 0.29) is 0 Å². The van der Waals surface area contributed by atoms with Gasteiger partial charge in [-0.1, -0.05) is 115 Å². The van der Waals surface area contributed by atoms with Crippen LogP contribution in [0.4, 0.5) is 0 Å². The fraction of sp³-hybridized carbons (Fsp3) is 0.0455. The third-order valence-corrected chi connectivity index (χ3v) is 8.95. The summed E-state index contributed by atoms with van der Waals surface area (Å²) in [5, 5.41) is 6.94. The quantitative estimate of drug-likeness (QED) is 0.0745. The highest BCUT2D eigenvalue weighted by molar-refractivity contribution is 8.59. The highest BCUT2D eigenvalue weighted by Gasteiger charge is 2.19. The maximum Gasteiger partial charge on any atom is 0.160 e. The predicted molar refractivity (Wildman–Crippen MR) is 221 cm³/mol. The number of hydrogen-bond acceptors (Lipinski definition) is 4. The van der Waals surface area contributed by atoms with Gasteiger partial charge in [-0.05, 0) is 89.6 Å². The standard InChI is InChI=1S/C44H33N3O.H2S2/c1-30-41(48-37-23-22-32-15-9-10-18-34(32)27-37)25-24-39-43(30)38-28-35-19-11-12-20-36(35)29-40(38)47(39)42(26-21-31-13-5-3-6-14-31)46-44(45-2)33-16-7-4-8-17-33;1-2/h3-20,22-29H,2,21H2,1H3;1-2H/b42-26+,46-44-;. The first-order chi connectivity index (χ1) is 24.7. The van der Waals surface area contributed by atoms with Gasteiger partial charge in [-0.2, -0.15) is 0 Å². The van der Waals surface area contributed by atoms with E-state index >= 15 is 0 Å². The second-order valence-electron chi connectivity index (χ2n) is 12.0. The van der Waals surface area contributed by atoms with Crippen molar-refractivity contribution in [1.82, 2.24) is 4.57 Å². The topological polar surface area (TPSA) is 38.9 Å². The van der Waals surface area contributed by atoms with E-state index in [9.17, 15) is 0 Å². The number of rotatable bonds is 7. The number of aryl methyl sites for hydroxylation is 1. The van der Waals surface area contributed by atoms with Gasteiger partial charge < -0.3 is 4.74 Å². The summed E-state index contributed by atoms with van der Waals surface area (Å²) < 4.78 is 8.87. The molecule has 0 radical (unpaired) electrons. The average molecular weight is 686 g/mol. The van der Waals surface area contributed by atoms with Crippen molar-refractivity contribution in [2.75, 3.05) is 0 Å². The average Bonchev–Trinajstić information content (AvgIpc) is 3.50. The molecule has 0 spiro atoms. The Hall–Kier alpha value is -5.56. The van der Waals surface area contributed by atoms with E-state index in [1.165, 1.54) is 16.3 Å². The minimum atomic E-state index is 0.568. The van der Waals surface area contributed by atoms with Crippen LogP contribution in [0.25, 0.3) is 49.2 Å². The van der Waals surface area contributed by atoms with E-state index in [0.717, 1.165) is 61.0 Å². The molecule has 0 bridgehead atoms. The Morgan fingerprint density at radius 2 is 1.30 bits per heavy atom. The van der Waals surface area contributed by atoms with E-state index in [1.807, 2.05) is 42.5 Å². The molecule has 8 aromatic rings. The molecule has 0 aliphatic rings. The van der Waals surface area contributed by atoms with Gasteiger partial charge in [0.2, 0.25) is 0 Å². The van der Waals surface area contributed by atoms with Crippen LogP contribution >= 0.6 is 23.3 Å². The number of ether oxygens (including phenoxy) is 1. The zero-order valence-corrected chi connectivity index (χ0v) is 29.4. The molecule has 0 saturated heterocycles. The molecule has 0 saturated carbocycles. The number of amidine groups is 1. The minimum Gasteiger partial charge on any atom is -0.457 e. The molecule has 7 aromatic carbocycles. The van der Waals surface area contributed by atoms with Crippen LogP contribution in [0.3, 0.4) is 0 Å². The van der Waals surface area contributed by atoms with E-state index < -0.39 is 0 Å². The molecule has 0 N–H and O–H groups in total. The highest BCUT2D eigenvalue weighted by atomic mass is 33.1. The molecular weight excluding hydrogens is 651 g/mol. The number of aliphatic imine (C=N–C) groups is 2. The number of fused-ring (bicyclic) bond motifs is 5. The lowest BCUT2D eigenvalue weighted by Crippen LogP contribution is -2.02. The Balaban J connectivity index is 0.00000193. The molecule has 6 heteroatoms. The van der Waals surface area contributed by atoms with E-state index in [0.29, 0.717) is 12.3 Å². The first kappa shape index (κ1) is 33.0. The molecule has 0 fully saturated rings. The molecule has 1 aromatic heterocycles. The summed E-state index contributed by atoms with van der Waals surface area (Å²) in [6.07, 6.45) is 2.89.